The summed E-state index contributed by atoms with van der Waals surface area (Å²) in [4.78, 5) is 15.6. The number of fused-ring (bicyclic) bond motifs is 1. The number of nitrogens with one attached hydrogen (secondary N) is 1. The van der Waals surface area contributed by atoms with Crippen molar-refractivity contribution < 1.29 is 9.32 Å². The second-order valence-corrected chi connectivity index (χ2v) is 5.33. The number of carbonyl (C=O) groups is 1. The summed E-state index contributed by atoms with van der Waals surface area (Å²) in [5.74, 6) is 0.627. The van der Waals surface area contributed by atoms with Crippen LogP contribution in [-0.2, 0) is 11.2 Å². The van der Waals surface area contributed by atoms with Gasteiger partial charge in [0.2, 0.25) is 18.1 Å². The summed E-state index contributed by atoms with van der Waals surface area (Å²) in [6.07, 6.45) is 1.76. The molecule has 0 unspecified atom stereocenters. The third kappa shape index (κ3) is 1.98. The van der Waals surface area contributed by atoms with Gasteiger partial charge < -0.3 is 9.84 Å². The Bertz CT molecular complexity index is 870. The van der Waals surface area contributed by atoms with Gasteiger partial charge in [0.15, 0.2) is 0 Å². The molecule has 0 radical (unpaired) electrons. The first-order valence-corrected chi connectivity index (χ1v) is 7.02. The highest BCUT2D eigenvalue weighted by molar-refractivity contribution is 5.99. The van der Waals surface area contributed by atoms with E-state index in [1.54, 1.807) is 0 Å². The van der Waals surface area contributed by atoms with E-state index in [0.717, 1.165) is 33.5 Å². The van der Waals surface area contributed by atoms with Gasteiger partial charge in [-0.1, -0.05) is 29.4 Å². The molecule has 108 valence electrons. The molecule has 0 saturated heterocycles. The zero-order valence-corrected chi connectivity index (χ0v) is 12.0. The number of aromatic nitrogens is 2. The summed E-state index contributed by atoms with van der Waals surface area (Å²) >= 11 is 0. The van der Waals surface area contributed by atoms with E-state index < -0.39 is 0 Å². The second kappa shape index (κ2) is 4.80. The maximum Gasteiger partial charge on any atom is 0.228 e. The molecule has 1 amide bonds. The van der Waals surface area contributed by atoms with Crippen molar-refractivity contribution in [3.05, 3.63) is 53.9 Å². The molecule has 3 aromatic rings. The van der Waals surface area contributed by atoms with Crippen LogP contribution in [-0.4, -0.2) is 16.0 Å². The van der Waals surface area contributed by atoms with Gasteiger partial charge in [-0.25, -0.2) is 0 Å². The summed E-state index contributed by atoms with van der Waals surface area (Å²) < 4.78 is 4.83. The summed E-state index contributed by atoms with van der Waals surface area (Å²) in [7, 11) is 0. The van der Waals surface area contributed by atoms with Gasteiger partial charge >= 0.3 is 0 Å². The van der Waals surface area contributed by atoms with E-state index in [4.69, 9.17) is 4.52 Å². The SMILES string of the molecule is Cc1c(-c2ccc3c(c2)CC(=O)N3)cccc1-c1ncon1. The van der Waals surface area contributed by atoms with Crippen molar-refractivity contribution in [3.63, 3.8) is 0 Å². The van der Waals surface area contributed by atoms with Crippen molar-refractivity contribution in [1.29, 1.82) is 0 Å². The van der Waals surface area contributed by atoms with Gasteiger partial charge in [0, 0.05) is 11.3 Å². The van der Waals surface area contributed by atoms with E-state index in [2.05, 4.69) is 27.6 Å². The molecule has 1 N–H and O–H groups in total. The van der Waals surface area contributed by atoms with E-state index in [9.17, 15) is 4.79 Å². The van der Waals surface area contributed by atoms with Crippen molar-refractivity contribution >= 4 is 11.6 Å². The number of rotatable bonds is 2. The van der Waals surface area contributed by atoms with Crippen LogP contribution in [0, 0.1) is 6.92 Å². The van der Waals surface area contributed by atoms with Crippen molar-refractivity contribution in [2.45, 2.75) is 13.3 Å². The number of carbonyl (C=O) groups excluding carboxylic acids is 1. The summed E-state index contributed by atoms with van der Waals surface area (Å²) in [5.41, 5.74) is 6.15. The monoisotopic (exact) mass is 291 g/mol. The van der Waals surface area contributed by atoms with E-state index in [1.165, 1.54) is 6.39 Å². The number of anilines is 1. The van der Waals surface area contributed by atoms with Crippen LogP contribution in [0.15, 0.2) is 47.3 Å². The van der Waals surface area contributed by atoms with Gasteiger partial charge in [-0.05, 0) is 41.3 Å². The molecule has 0 bridgehead atoms. The molecule has 0 atom stereocenters. The van der Waals surface area contributed by atoms with Gasteiger partial charge in [-0.3, -0.25) is 4.79 Å². The lowest BCUT2D eigenvalue weighted by Crippen LogP contribution is -2.03. The fourth-order valence-electron chi connectivity index (χ4n) is 2.88. The Morgan fingerprint density at radius 3 is 2.86 bits per heavy atom. The van der Waals surface area contributed by atoms with Gasteiger partial charge in [0.1, 0.15) is 0 Å². The minimum absolute atomic E-state index is 0.0458. The summed E-state index contributed by atoms with van der Waals surface area (Å²) in [6.45, 7) is 2.04. The van der Waals surface area contributed by atoms with Crippen molar-refractivity contribution in [3.8, 4) is 22.5 Å². The quantitative estimate of drug-likeness (QED) is 0.787. The normalized spacial score (nSPS) is 13.0. The predicted molar refractivity (Wildman–Crippen MR) is 82.2 cm³/mol. The van der Waals surface area contributed by atoms with Crippen molar-refractivity contribution in [1.82, 2.24) is 10.1 Å². The van der Waals surface area contributed by atoms with Crippen LogP contribution in [0.4, 0.5) is 5.69 Å². The van der Waals surface area contributed by atoms with Gasteiger partial charge in [0.05, 0.1) is 6.42 Å². The van der Waals surface area contributed by atoms with E-state index in [1.807, 2.05) is 31.2 Å². The van der Waals surface area contributed by atoms with Crippen molar-refractivity contribution in [2.75, 3.05) is 5.32 Å². The first kappa shape index (κ1) is 12.8. The molecule has 5 nitrogen and oxygen atoms in total. The van der Waals surface area contributed by atoms with Crippen LogP contribution in [0.1, 0.15) is 11.1 Å². The number of benzene rings is 2. The van der Waals surface area contributed by atoms with Crippen LogP contribution >= 0.6 is 0 Å². The molecular formula is C17H13N3O2. The van der Waals surface area contributed by atoms with Crippen LogP contribution in [0.3, 0.4) is 0 Å². The molecule has 22 heavy (non-hydrogen) atoms. The Hall–Kier alpha value is -2.95. The molecule has 5 heteroatoms. The van der Waals surface area contributed by atoms with Crippen LogP contribution < -0.4 is 5.32 Å². The van der Waals surface area contributed by atoms with E-state index >= 15 is 0 Å². The molecular weight excluding hydrogens is 278 g/mol. The Morgan fingerprint density at radius 2 is 2.05 bits per heavy atom. The topological polar surface area (TPSA) is 68.0 Å². The molecule has 0 fully saturated rings. The minimum atomic E-state index is 0.0458. The number of nitrogens with zero attached hydrogens (tertiary/aromatic N) is 2. The first-order valence-electron chi connectivity index (χ1n) is 7.02. The number of amides is 1. The Balaban J connectivity index is 1.83. The Labute approximate surface area is 127 Å². The minimum Gasteiger partial charge on any atom is -0.342 e. The first-order chi connectivity index (χ1) is 10.7. The molecule has 2 aromatic carbocycles. The largest absolute Gasteiger partial charge is 0.342 e. The Morgan fingerprint density at radius 1 is 1.18 bits per heavy atom. The highest BCUT2D eigenvalue weighted by atomic mass is 16.5. The lowest BCUT2D eigenvalue weighted by Gasteiger charge is -2.10. The fourth-order valence-corrected chi connectivity index (χ4v) is 2.88. The molecule has 1 aliphatic rings. The van der Waals surface area contributed by atoms with Crippen molar-refractivity contribution in [2.24, 2.45) is 0 Å². The smallest absolute Gasteiger partial charge is 0.228 e. The Kier molecular flexibility index (Phi) is 2.79. The van der Waals surface area contributed by atoms with Gasteiger partial charge in [-0.2, -0.15) is 4.98 Å². The van der Waals surface area contributed by atoms with Crippen LogP contribution in [0.2, 0.25) is 0 Å². The van der Waals surface area contributed by atoms with Crippen LogP contribution in [0.25, 0.3) is 22.5 Å². The molecule has 4 rings (SSSR count). The third-order valence-electron chi connectivity index (χ3n) is 3.98. The number of hydrogen-bond donors (Lipinski definition) is 1. The lowest BCUT2D eigenvalue weighted by molar-refractivity contribution is -0.115. The summed E-state index contributed by atoms with van der Waals surface area (Å²) in [5, 5.41) is 6.76. The second-order valence-electron chi connectivity index (χ2n) is 5.33. The highest BCUT2D eigenvalue weighted by Gasteiger charge is 2.18. The maximum absolute atomic E-state index is 11.5. The highest BCUT2D eigenvalue weighted by Crippen LogP contribution is 2.33. The average molecular weight is 291 g/mol. The van der Waals surface area contributed by atoms with Crippen LogP contribution in [0.5, 0.6) is 0 Å². The molecule has 1 aliphatic heterocycles. The van der Waals surface area contributed by atoms with Gasteiger partial charge in [-0.15, -0.1) is 0 Å². The standard InChI is InChI=1S/C17H13N3O2/c1-10-13(3-2-4-14(10)17-18-9-22-20-17)11-5-6-15-12(7-11)8-16(21)19-15/h2-7,9H,8H2,1H3,(H,19,21). The molecule has 1 aromatic heterocycles. The molecule has 0 saturated carbocycles. The fraction of sp³-hybridized carbons (Fsp3) is 0.118. The zero-order chi connectivity index (χ0) is 15.1. The van der Waals surface area contributed by atoms with E-state index in [-0.39, 0.29) is 5.91 Å². The molecule has 2 heterocycles. The van der Waals surface area contributed by atoms with Gasteiger partial charge in [0.25, 0.3) is 0 Å². The number of hydrogen-bond acceptors (Lipinski definition) is 4. The summed E-state index contributed by atoms with van der Waals surface area (Å²) in [6, 6.07) is 12.1. The molecule has 0 spiro atoms. The lowest BCUT2D eigenvalue weighted by atomic mass is 9.94. The third-order valence-corrected chi connectivity index (χ3v) is 3.98. The van der Waals surface area contributed by atoms with E-state index in [0.29, 0.717) is 12.2 Å². The maximum atomic E-state index is 11.5. The predicted octanol–water partition coefficient (Wildman–Crippen LogP) is 3.21. The molecule has 0 aliphatic carbocycles. The average Bonchev–Trinajstić information content (AvgIpc) is 3.15. The zero-order valence-electron chi connectivity index (χ0n) is 12.0.